The fourth-order valence-corrected chi connectivity index (χ4v) is 3.39. The van der Waals surface area contributed by atoms with Crippen molar-refractivity contribution < 1.29 is 9.18 Å². The van der Waals surface area contributed by atoms with Crippen LogP contribution in [0.3, 0.4) is 0 Å². The second-order valence-corrected chi connectivity index (χ2v) is 6.81. The Hall–Kier alpha value is -3.39. The van der Waals surface area contributed by atoms with Crippen molar-refractivity contribution in [2.45, 2.75) is 6.54 Å². The van der Waals surface area contributed by atoms with Gasteiger partial charge in [0.05, 0.1) is 16.8 Å². The van der Waals surface area contributed by atoms with Crippen molar-refractivity contribution in [3.63, 3.8) is 0 Å². The van der Waals surface area contributed by atoms with E-state index in [0.717, 1.165) is 10.2 Å². The van der Waals surface area contributed by atoms with E-state index in [1.165, 1.54) is 40.3 Å². The lowest BCUT2D eigenvalue weighted by molar-refractivity contribution is 0.102. The van der Waals surface area contributed by atoms with Gasteiger partial charge in [-0.15, -0.1) is 0 Å². The molecule has 0 bridgehead atoms. The lowest BCUT2D eigenvalue weighted by Gasteiger charge is -2.07. The molecule has 0 saturated carbocycles. The van der Waals surface area contributed by atoms with Crippen LogP contribution in [-0.4, -0.2) is 20.7 Å². The largest absolute Gasteiger partial charge is 0.296 e. The second-order valence-electron chi connectivity index (χ2n) is 5.78. The van der Waals surface area contributed by atoms with E-state index in [4.69, 9.17) is 0 Å². The molecule has 0 atom stereocenters. The monoisotopic (exact) mass is 380 g/mol. The molecule has 0 aliphatic rings. The molecule has 0 fully saturated rings. The summed E-state index contributed by atoms with van der Waals surface area (Å²) in [6.07, 6.45) is 0. The number of thiazole rings is 1. The highest BCUT2D eigenvalue weighted by atomic mass is 32.1. The Bertz CT molecular complexity index is 1150. The van der Waals surface area contributed by atoms with Gasteiger partial charge in [-0.3, -0.25) is 14.9 Å². The van der Waals surface area contributed by atoms with Crippen LogP contribution in [0.5, 0.6) is 0 Å². The maximum Gasteiger partial charge on any atom is 0.277 e. The van der Waals surface area contributed by atoms with Crippen molar-refractivity contribution in [1.82, 2.24) is 14.8 Å². The maximum atomic E-state index is 13.0. The SMILES string of the molecule is O=C(Nc1nc2ccccc2s1)c1ccc(=O)n(Cc2ccc(F)cc2)n1. The lowest BCUT2D eigenvalue weighted by Crippen LogP contribution is -2.26. The third-order valence-electron chi connectivity index (χ3n) is 3.86. The quantitative estimate of drug-likeness (QED) is 0.589. The van der Waals surface area contributed by atoms with E-state index in [2.05, 4.69) is 15.4 Å². The van der Waals surface area contributed by atoms with Crippen LogP contribution in [0.15, 0.2) is 65.5 Å². The molecule has 0 radical (unpaired) electrons. The van der Waals surface area contributed by atoms with Crippen LogP contribution in [0.1, 0.15) is 16.1 Å². The van der Waals surface area contributed by atoms with Gasteiger partial charge in [0.15, 0.2) is 5.13 Å². The summed E-state index contributed by atoms with van der Waals surface area (Å²) < 4.78 is 15.1. The zero-order valence-electron chi connectivity index (χ0n) is 13.9. The molecule has 2 heterocycles. The molecular weight excluding hydrogens is 367 g/mol. The number of nitrogens with zero attached hydrogens (tertiary/aromatic N) is 3. The summed E-state index contributed by atoms with van der Waals surface area (Å²) in [4.78, 5) is 28.9. The fraction of sp³-hybridized carbons (Fsp3) is 0.0526. The summed E-state index contributed by atoms with van der Waals surface area (Å²) in [7, 11) is 0. The van der Waals surface area contributed by atoms with Crippen LogP contribution in [0, 0.1) is 5.82 Å². The van der Waals surface area contributed by atoms with Gasteiger partial charge in [-0.25, -0.2) is 14.1 Å². The zero-order valence-corrected chi connectivity index (χ0v) is 14.7. The first-order valence-electron chi connectivity index (χ1n) is 8.08. The van der Waals surface area contributed by atoms with E-state index < -0.39 is 5.91 Å². The van der Waals surface area contributed by atoms with Crippen molar-refractivity contribution in [2.75, 3.05) is 5.32 Å². The Morgan fingerprint density at radius 3 is 2.63 bits per heavy atom. The molecule has 0 aliphatic heterocycles. The van der Waals surface area contributed by atoms with E-state index >= 15 is 0 Å². The van der Waals surface area contributed by atoms with E-state index in [-0.39, 0.29) is 23.6 Å². The number of aromatic nitrogens is 3. The normalized spacial score (nSPS) is 10.9. The minimum absolute atomic E-state index is 0.0935. The van der Waals surface area contributed by atoms with Crippen molar-refractivity contribution in [1.29, 1.82) is 0 Å². The number of anilines is 1. The molecule has 1 amide bonds. The standard InChI is InChI=1S/C19H13FN4O2S/c20-13-7-5-12(6-8-13)11-24-17(25)10-9-15(23-24)18(26)22-19-21-14-3-1-2-4-16(14)27-19/h1-10H,11H2,(H,21,22,26). The molecule has 0 spiro atoms. The number of carbonyl (C=O) groups is 1. The summed E-state index contributed by atoms with van der Waals surface area (Å²) in [5.41, 5.74) is 1.24. The lowest BCUT2D eigenvalue weighted by atomic mass is 10.2. The highest BCUT2D eigenvalue weighted by Crippen LogP contribution is 2.25. The molecule has 27 heavy (non-hydrogen) atoms. The Morgan fingerprint density at radius 1 is 1.07 bits per heavy atom. The average molecular weight is 380 g/mol. The summed E-state index contributed by atoms with van der Waals surface area (Å²) in [5, 5.41) is 7.28. The van der Waals surface area contributed by atoms with Gasteiger partial charge in [0.1, 0.15) is 11.5 Å². The second kappa shape index (κ2) is 7.08. The van der Waals surface area contributed by atoms with Gasteiger partial charge in [0.25, 0.3) is 11.5 Å². The molecule has 4 rings (SSSR count). The van der Waals surface area contributed by atoms with Crippen molar-refractivity contribution >= 4 is 32.6 Å². The number of nitrogens with one attached hydrogen (secondary N) is 1. The van der Waals surface area contributed by atoms with E-state index in [9.17, 15) is 14.0 Å². The fourth-order valence-electron chi connectivity index (χ4n) is 2.53. The van der Waals surface area contributed by atoms with E-state index in [1.54, 1.807) is 12.1 Å². The van der Waals surface area contributed by atoms with Crippen LogP contribution in [0.4, 0.5) is 9.52 Å². The number of benzene rings is 2. The molecular formula is C19H13FN4O2S. The first-order valence-corrected chi connectivity index (χ1v) is 8.90. The number of carbonyl (C=O) groups excluding carboxylic acids is 1. The highest BCUT2D eigenvalue weighted by Gasteiger charge is 2.13. The summed E-state index contributed by atoms with van der Waals surface area (Å²) in [5.74, 6) is -0.815. The first-order chi connectivity index (χ1) is 13.1. The van der Waals surface area contributed by atoms with Gasteiger partial charge < -0.3 is 0 Å². The molecule has 0 unspecified atom stereocenters. The Kier molecular flexibility index (Phi) is 4.47. The number of para-hydroxylation sites is 1. The number of amides is 1. The van der Waals surface area contributed by atoms with Crippen LogP contribution < -0.4 is 10.9 Å². The number of halogens is 1. The van der Waals surface area contributed by atoms with Crippen molar-refractivity contribution in [2.24, 2.45) is 0 Å². The minimum atomic E-state index is -0.457. The van der Waals surface area contributed by atoms with Crippen LogP contribution >= 0.6 is 11.3 Å². The van der Waals surface area contributed by atoms with Gasteiger partial charge in [-0.2, -0.15) is 5.10 Å². The molecule has 1 N–H and O–H groups in total. The first kappa shape index (κ1) is 17.0. The van der Waals surface area contributed by atoms with E-state index in [1.807, 2.05) is 24.3 Å². The van der Waals surface area contributed by atoms with Crippen molar-refractivity contribution in [3.8, 4) is 0 Å². The van der Waals surface area contributed by atoms with Gasteiger partial charge in [0, 0.05) is 6.07 Å². The predicted octanol–water partition coefficient (Wildman–Crippen LogP) is 3.29. The van der Waals surface area contributed by atoms with Crippen LogP contribution in [-0.2, 0) is 6.54 Å². The van der Waals surface area contributed by atoms with Gasteiger partial charge in [0.2, 0.25) is 0 Å². The minimum Gasteiger partial charge on any atom is -0.296 e. The van der Waals surface area contributed by atoms with Crippen LogP contribution in [0.2, 0.25) is 0 Å². The van der Waals surface area contributed by atoms with Crippen LogP contribution in [0.25, 0.3) is 10.2 Å². The third kappa shape index (κ3) is 3.75. The van der Waals surface area contributed by atoms with Gasteiger partial charge >= 0.3 is 0 Å². The molecule has 0 saturated heterocycles. The maximum absolute atomic E-state index is 13.0. The molecule has 2 aromatic heterocycles. The van der Waals surface area contributed by atoms with Gasteiger partial charge in [-0.05, 0) is 35.9 Å². The predicted molar refractivity (Wildman–Crippen MR) is 102 cm³/mol. The average Bonchev–Trinajstić information content (AvgIpc) is 3.07. The summed E-state index contributed by atoms with van der Waals surface area (Å²) >= 11 is 1.36. The Morgan fingerprint density at radius 2 is 1.85 bits per heavy atom. The zero-order chi connectivity index (χ0) is 18.8. The highest BCUT2D eigenvalue weighted by molar-refractivity contribution is 7.22. The van der Waals surface area contributed by atoms with Crippen molar-refractivity contribution in [3.05, 3.63) is 88.1 Å². The third-order valence-corrected chi connectivity index (χ3v) is 4.81. The molecule has 8 heteroatoms. The number of fused-ring (bicyclic) bond motifs is 1. The number of hydrogen-bond donors (Lipinski definition) is 1. The summed E-state index contributed by atoms with van der Waals surface area (Å²) in [6, 6.07) is 16.0. The number of hydrogen-bond acceptors (Lipinski definition) is 5. The molecule has 134 valence electrons. The molecule has 4 aromatic rings. The molecule has 6 nitrogen and oxygen atoms in total. The Labute approximate surface area is 156 Å². The Balaban J connectivity index is 1.56. The van der Waals surface area contributed by atoms with Gasteiger partial charge in [-0.1, -0.05) is 35.6 Å². The summed E-state index contributed by atoms with van der Waals surface area (Å²) in [6.45, 7) is 0.140. The topological polar surface area (TPSA) is 76.9 Å². The smallest absolute Gasteiger partial charge is 0.277 e. The molecule has 0 aliphatic carbocycles. The molecule has 2 aromatic carbocycles. The number of rotatable bonds is 4. The van der Waals surface area contributed by atoms with E-state index in [0.29, 0.717) is 10.7 Å².